The molecule has 0 bridgehead atoms. The molecule has 3 nitrogen and oxygen atoms in total. The monoisotopic (exact) mass is 230 g/mol. The van der Waals surface area contributed by atoms with Crippen molar-refractivity contribution in [3.05, 3.63) is 35.9 Å². The van der Waals surface area contributed by atoms with Gasteiger partial charge in [0.2, 0.25) is 5.88 Å². The molecule has 0 aliphatic heterocycles. The third-order valence-corrected chi connectivity index (χ3v) is 2.69. The van der Waals surface area contributed by atoms with E-state index in [2.05, 4.69) is 17.1 Å². The summed E-state index contributed by atoms with van der Waals surface area (Å²) in [5.74, 6) is 0.750. The highest BCUT2D eigenvalue weighted by Gasteiger charge is 2.07. The quantitative estimate of drug-likeness (QED) is 0.858. The van der Waals surface area contributed by atoms with E-state index in [1.165, 1.54) is 0 Å². The fourth-order valence-corrected chi connectivity index (χ4v) is 1.88. The first-order chi connectivity index (χ1) is 8.35. The molecule has 2 aromatic rings. The lowest BCUT2D eigenvalue weighted by atomic mass is 10.1. The van der Waals surface area contributed by atoms with E-state index in [1.54, 1.807) is 0 Å². The van der Waals surface area contributed by atoms with Crippen molar-refractivity contribution in [1.29, 1.82) is 0 Å². The fraction of sp³-hybridized carbons (Fsp3) is 0.357. The molecule has 3 heteroatoms. The van der Waals surface area contributed by atoms with Crippen LogP contribution in [0, 0.1) is 0 Å². The predicted octanol–water partition coefficient (Wildman–Crippen LogP) is 2.52. The number of nitrogens with two attached hydrogens (primary N) is 1. The smallest absolute Gasteiger partial charge is 0.217 e. The van der Waals surface area contributed by atoms with Gasteiger partial charge < -0.3 is 10.5 Å². The number of rotatable bonds is 5. The average molecular weight is 230 g/mol. The van der Waals surface area contributed by atoms with Gasteiger partial charge in [0.25, 0.3) is 0 Å². The first kappa shape index (κ1) is 11.9. The second-order valence-corrected chi connectivity index (χ2v) is 3.97. The number of fused-ring (bicyclic) bond motifs is 1. The Morgan fingerprint density at radius 2 is 2.12 bits per heavy atom. The second kappa shape index (κ2) is 5.64. The summed E-state index contributed by atoms with van der Waals surface area (Å²) in [7, 11) is 0. The minimum absolute atomic E-state index is 0.640. The molecular formula is C14H18N2O. The Morgan fingerprint density at radius 3 is 2.88 bits per heavy atom. The van der Waals surface area contributed by atoms with Gasteiger partial charge in [-0.05, 0) is 38.4 Å². The largest absolute Gasteiger partial charge is 0.478 e. The molecule has 0 fully saturated rings. The molecule has 1 aromatic carbocycles. The highest BCUT2D eigenvalue weighted by atomic mass is 16.5. The van der Waals surface area contributed by atoms with Gasteiger partial charge in [0.15, 0.2) is 0 Å². The van der Waals surface area contributed by atoms with Crippen LogP contribution in [0.15, 0.2) is 30.3 Å². The molecule has 0 radical (unpaired) electrons. The van der Waals surface area contributed by atoms with Crippen LogP contribution in [0.1, 0.15) is 18.9 Å². The fourth-order valence-electron chi connectivity index (χ4n) is 1.88. The molecular weight excluding hydrogens is 212 g/mol. The Labute approximate surface area is 102 Å². The van der Waals surface area contributed by atoms with Crippen LogP contribution in [0.4, 0.5) is 0 Å². The van der Waals surface area contributed by atoms with Crippen molar-refractivity contribution >= 4 is 10.9 Å². The zero-order valence-corrected chi connectivity index (χ0v) is 10.1. The lowest BCUT2D eigenvalue weighted by Crippen LogP contribution is -2.04. The molecule has 0 saturated carbocycles. The van der Waals surface area contributed by atoms with Gasteiger partial charge in [-0.15, -0.1) is 0 Å². The summed E-state index contributed by atoms with van der Waals surface area (Å²) in [4.78, 5) is 4.55. The van der Waals surface area contributed by atoms with Gasteiger partial charge in [-0.1, -0.05) is 18.2 Å². The van der Waals surface area contributed by atoms with Crippen molar-refractivity contribution in [3.8, 4) is 5.88 Å². The molecule has 0 atom stereocenters. The maximum Gasteiger partial charge on any atom is 0.217 e. The molecule has 0 spiro atoms. The molecule has 2 rings (SSSR count). The molecule has 0 amide bonds. The topological polar surface area (TPSA) is 48.1 Å². The van der Waals surface area contributed by atoms with E-state index in [4.69, 9.17) is 10.5 Å². The lowest BCUT2D eigenvalue weighted by Gasteiger charge is -2.10. The first-order valence-corrected chi connectivity index (χ1v) is 6.06. The van der Waals surface area contributed by atoms with Crippen LogP contribution in [-0.4, -0.2) is 18.1 Å². The van der Waals surface area contributed by atoms with Crippen molar-refractivity contribution in [3.63, 3.8) is 0 Å². The predicted molar refractivity (Wildman–Crippen MR) is 70.3 cm³/mol. The van der Waals surface area contributed by atoms with E-state index in [1.807, 2.05) is 25.1 Å². The third kappa shape index (κ3) is 2.74. The van der Waals surface area contributed by atoms with Crippen LogP contribution in [-0.2, 0) is 6.42 Å². The minimum atomic E-state index is 0.640. The molecule has 0 aliphatic rings. The number of ether oxygens (including phenoxy) is 1. The maximum atomic E-state index is 5.59. The minimum Gasteiger partial charge on any atom is -0.478 e. The molecule has 1 aromatic heterocycles. The van der Waals surface area contributed by atoms with Gasteiger partial charge in [-0.25, -0.2) is 4.98 Å². The van der Waals surface area contributed by atoms with E-state index < -0.39 is 0 Å². The maximum absolute atomic E-state index is 5.59. The van der Waals surface area contributed by atoms with Crippen LogP contribution in [0.5, 0.6) is 5.88 Å². The number of aromatic nitrogens is 1. The van der Waals surface area contributed by atoms with Crippen molar-refractivity contribution < 1.29 is 4.74 Å². The summed E-state index contributed by atoms with van der Waals surface area (Å²) in [6, 6.07) is 10.2. The number of hydrogen-bond acceptors (Lipinski definition) is 3. The molecule has 0 aliphatic carbocycles. The molecule has 1 heterocycles. The summed E-state index contributed by atoms with van der Waals surface area (Å²) in [5.41, 5.74) is 7.68. The summed E-state index contributed by atoms with van der Waals surface area (Å²) in [6.07, 6.45) is 1.88. The number of pyridine rings is 1. The Hall–Kier alpha value is -1.61. The van der Waals surface area contributed by atoms with Crippen molar-refractivity contribution in [1.82, 2.24) is 4.98 Å². The van der Waals surface area contributed by atoms with Crippen molar-refractivity contribution in [2.24, 2.45) is 5.73 Å². The number of para-hydroxylation sites is 1. The van der Waals surface area contributed by atoms with E-state index in [9.17, 15) is 0 Å². The van der Waals surface area contributed by atoms with E-state index in [-0.39, 0.29) is 0 Å². The van der Waals surface area contributed by atoms with Crippen LogP contribution < -0.4 is 10.5 Å². The standard InChI is InChI=1S/C14H18N2O/c1-2-17-14-12(7-5-9-15)10-11-6-3-4-8-13(11)16-14/h3-4,6,8,10H,2,5,7,9,15H2,1H3. The van der Waals surface area contributed by atoms with Gasteiger partial charge in [-0.2, -0.15) is 0 Å². The average Bonchev–Trinajstić information content (AvgIpc) is 2.36. The van der Waals surface area contributed by atoms with Gasteiger partial charge in [-0.3, -0.25) is 0 Å². The van der Waals surface area contributed by atoms with Crippen molar-refractivity contribution in [2.75, 3.05) is 13.2 Å². The molecule has 0 unspecified atom stereocenters. The van der Waals surface area contributed by atoms with E-state index in [0.717, 1.165) is 35.2 Å². The van der Waals surface area contributed by atoms with Crippen molar-refractivity contribution in [2.45, 2.75) is 19.8 Å². The Balaban J connectivity index is 2.42. The number of hydrogen-bond donors (Lipinski definition) is 1. The SMILES string of the molecule is CCOc1nc2ccccc2cc1CCCN. The molecule has 0 saturated heterocycles. The highest BCUT2D eigenvalue weighted by molar-refractivity contribution is 5.80. The normalized spacial score (nSPS) is 10.7. The van der Waals surface area contributed by atoms with Gasteiger partial charge >= 0.3 is 0 Å². The summed E-state index contributed by atoms with van der Waals surface area (Å²) < 4.78 is 5.59. The summed E-state index contributed by atoms with van der Waals surface area (Å²) >= 11 is 0. The van der Waals surface area contributed by atoms with E-state index >= 15 is 0 Å². The number of nitrogens with zero attached hydrogens (tertiary/aromatic N) is 1. The van der Waals surface area contributed by atoms with Gasteiger partial charge in [0, 0.05) is 10.9 Å². The zero-order chi connectivity index (χ0) is 12.1. The van der Waals surface area contributed by atoms with Crippen LogP contribution >= 0.6 is 0 Å². The number of benzene rings is 1. The lowest BCUT2D eigenvalue weighted by molar-refractivity contribution is 0.324. The molecule has 90 valence electrons. The van der Waals surface area contributed by atoms with Crippen LogP contribution in [0.2, 0.25) is 0 Å². The van der Waals surface area contributed by atoms with Crippen LogP contribution in [0.25, 0.3) is 10.9 Å². The summed E-state index contributed by atoms with van der Waals surface area (Å²) in [5, 5.41) is 1.16. The molecule has 17 heavy (non-hydrogen) atoms. The Bertz CT molecular complexity index is 497. The van der Waals surface area contributed by atoms with Gasteiger partial charge in [0.1, 0.15) is 0 Å². The second-order valence-electron chi connectivity index (χ2n) is 3.97. The summed E-state index contributed by atoms with van der Waals surface area (Å²) in [6.45, 7) is 3.31. The first-order valence-electron chi connectivity index (χ1n) is 6.06. The Morgan fingerprint density at radius 1 is 1.29 bits per heavy atom. The highest BCUT2D eigenvalue weighted by Crippen LogP contribution is 2.23. The number of aryl methyl sites for hydroxylation is 1. The Kier molecular flexibility index (Phi) is 3.94. The third-order valence-electron chi connectivity index (χ3n) is 2.69. The van der Waals surface area contributed by atoms with Gasteiger partial charge in [0.05, 0.1) is 12.1 Å². The van der Waals surface area contributed by atoms with Crippen LogP contribution in [0.3, 0.4) is 0 Å². The molecule has 2 N–H and O–H groups in total. The van der Waals surface area contributed by atoms with E-state index in [0.29, 0.717) is 13.2 Å². The zero-order valence-electron chi connectivity index (χ0n) is 10.1.